The molecule has 0 N–H and O–H groups in total. The van der Waals surface area contributed by atoms with Crippen molar-refractivity contribution in [1.29, 1.82) is 0 Å². The summed E-state index contributed by atoms with van der Waals surface area (Å²) < 4.78 is 26.3. The molecule has 162 valence electrons. The number of anilines is 1. The number of nitrogens with zero attached hydrogens (tertiary/aromatic N) is 2. The van der Waals surface area contributed by atoms with E-state index in [4.69, 9.17) is 11.6 Å². The third-order valence-electron chi connectivity index (χ3n) is 4.89. The minimum atomic E-state index is -3.68. The zero-order valence-electron chi connectivity index (χ0n) is 17.5. The monoisotopic (exact) mass is 456 g/mol. The van der Waals surface area contributed by atoms with Crippen LogP contribution in [0.25, 0.3) is 0 Å². The molecule has 0 fully saturated rings. The molecule has 3 rings (SSSR count). The number of aryl methyl sites for hydroxylation is 1. The summed E-state index contributed by atoms with van der Waals surface area (Å²) in [4.78, 5) is 15.0. The van der Waals surface area contributed by atoms with Crippen LogP contribution in [0.5, 0.6) is 0 Å². The zero-order chi connectivity index (χ0) is 22.4. The van der Waals surface area contributed by atoms with E-state index in [9.17, 15) is 13.2 Å². The van der Waals surface area contributed by atoms with Crippen molar-refractivity contribution < 1.29 is 13.2 Å². The van der Waals surface area contributed by atoms with Gasteiger partial charge in [-0.25, -0.2) is 8.42 Å². The minimum Gasteiger partial charge on any atom is -0.332 e. The van der Waals surface area contributed by atoms with Gasteiger partial charge in [0.05, 0.1) is 11.9 Å². The maximum Gasteiger partial charge on any atom is 0.243 e. The maximum atomic E-state index is 13.4. The summed E-state index contributed by atoms with van der Waals surface area (Å²) >= 11 is 6.03. The second-order valence-corrected chi connectivity index (χ2v) is 9.76. The number of rotatable bonds is 8. The molecular formula is C24H25ClN2O3S. The van der Waals surface area contributed by atoms with Crippen LogP contribution in [0.15, 0.2) is 78.9 Å². The van der Waals surface area contributed by atoms with Gasteiger partial charge in [0.25, 0.3) is 0 Å². The Kier molecular flexibility index (Phi) is 7.36. The molecule has 0 aliphatic rings. The number of hydrogen-bond donors (Lipinski definition) is 0. The lowest BCUT2D eigenvalue weighted by atomic mass is 10.1. The number of carbonyl (C=O) groups is 1. The van der Waals surface area contributed by atoms with E-state index in [2.05, 4.69) is 0 Å². The van der Waals surface area contributed by atoms with E-state index >= 15 is 0 Å². The van der Waals surface area contributed by atoms with Crippen molar-refractivity contribution >= 4 is 33.2 Å². The molecule has 0 saturated heterocycles. The zero-order valence-corrected chi connectivity index (χ0v) is 19.1. The van der Waals surface area contributed by atoms with Crippen LogP contribution >= 0.6 is 11.6 Å². The van der Waals surface area contributed by atoms with Gasteiger partial charge in [0.1, 0.15) is 6.54 Å². The van der Waals surface area contributed by atoms with Crippen molar-refractivity contribution in [3.05, 3.63) is 101 Å². The molecular weight excluding hydrogens is 432 g/mol. The van der Waals surface area contributed by atoms with Gasteiger partial charge in [0, 0.05) is 18.1 Å². The van der Waals surface area contributed by atoms with Gasteiger partial charge in [-0.05, 0) is 41.8 Å². The lowest BCUT2D eigenvalue weighted by Gasteiger charge is -2.28. The normalized spacial score (nSPS) is 11.2. The van der Waals surface area contributed by atoms with Crippen molar-refractivity contribution in [3.63, 3.8) is 0 Å². The highest BCUT2D eigenvalue weighted by Crippen LogP contribution is 2.26. The number of carbonyl (C=O) groups excluding carboxylic acids is 1. The highest BCUT2D eigenvalue weighted by atomic mass is 35.5. The molecule has 0 saturated carbocycles. The highest BCUT2D eigenvalue weighted by Gasteiger charge is 2.25. The minimum absolute atomic E-state index is 0.285. The Bertz CT molecular complexity index is 1090. The van der Waals surface area contributed by atoms with Gasteiger partial charge in [-0.3, -0.25) is 9.10 Å². The summed E-state index contributed by atoms with van der Waals surface area (Å²) in [5.41, 5.74) is 3.07. The Balaban J connectivity index is 1.90. The van der Waals surface area contributed by atoms with Gasteiger partial charge in [0.2, 0.25) is 15.9 Å². The number of benzene rings is 3. The van der Waals surface area contributed by atoms with E-state index < -0.39 is 10.0 Å². The van der Waals surface area contributed by atoms with Crippen molar-refractivity contribution in [2.45, 2.75) is 20.0 Å². The predicted octanol–water partition coefficient (Wildman–Crippen LogP) is 4.64. The van der Waals surface area contributed by atoms with Crippen molar-refractivity contribution in [3.8, 4) is 0 Å². The van der Waals surface area contributed by atoms with Crippen molar-refractivity contribution in [1.82, 2.24) is 4.90 Å². The van der Waals surface area contributed by atoms with E-state index in [-0.39, 0.29) is 12.5 Å². The van der Waals surface area contributed by atoms with E-state index in [1.54, 1.807) is 30.0 Å². The van der Waals surface area contributed by atoms with Gasteiger partial charge >= 0.3 is 0 Å². The van der Waals surface area contributed by atoms with Gasteiger partial charge in [0.15, 0.2) is 0 Å². The average molecular weight is 457 g/mol. The predicted molar refractivity (Wildman–Crippen MR) is 126 cm³/mol. The van der Waals surface area contributed by atoms with Crippen LogP contribution in [0.1, 0.15) is 16.7 Å². The summed E-state index contributed by atoms with van der Waals surface area (Å²) in [5, 5.41) is 0.510. The number of halogens is 1. The standard InChI is InChI=1S/C24H25ClN2O3S/c1-19-15-22(25)13-14-23(19)27(31(2,29)30)18-24(28)26(16-20-9-5-3-6-10-20)17-21-11-7-4-8-12-21/h3-15H,16-18H2,1-2H3. The molecule has 0 aliphatic carbocycles. The quantitative estimate of drug-likeness (QED) is 0.496. The molecule has 0 unspecified atom stereocenters. The first-order valence-corrected chi connectivity index (χ1v) is 12.1. The largest absolute Gasteiger partial charge is 0.332 e. The topological polar surface area (TPSA) is 57.7 Å². The Hall–Kier alpha value is -2.83. The number of sulfonamides is 1. The molecule has 0 atom stereocenters. The smallest absolute Gasteiger partial charge is 0.243 e. The first-order valence-electron chi connectivity index (χ1n) is 9.83. The lowest BCUT2D eigenvalue weighted by Crippen LogP contribution is -2.42. The summed E-state index contributed by atoms with van der Waals surface area (Å²) in [6.07, 6.45) is 1.10. The SMILES string of the molecule is Cc1cc(Cl)ccc1N(CC(=O)N(Cc1ccccc1)Cc1ccccc1)S(C)(=O)=O. The Morgan fingerprint density at radius 2 is 1.39 bits per heavy atom. The van der Waals surface area contributed by atoms with Gasteiger partial charge in [-0.15, -0.1) is 0 Å². The van der Waals surface area contributed by atoms with Crippen LogP contribution in [0.4, 0.5) is 5.69 Å². The van der Waals surface area contributed by atoms with Gasteiger partial charge in [-0.2, -0.15) is 0 Å². The summed E-state index contributed by atoms with van der Waals surface area (Å²) in [6.45, 7) is 2.24. The summed E-state index contributed by atoms with van der Waals surface area (Å²) in [5.74, 6) is -0.285. The molecule has 0 spiro atoms. The van der Waals surface area contributed by atoms with Crippen LogP contribution in [0.3, 0.4) is 0 Å². The molecule has 0 aromatic heterocycles. The van der Waals surface area contributed by atoms with E-state index in [1.165, 1.54) is 0 Å². The first-order chi connectivity index (χ1) is 14.7. The van der Waals surface area contributed by atoms with E-state index in [0.29, 0.717) is 29.4 Å². The summed E-state index contributed by atoms with van der Waals surface area (Å²) in [7, 11) is -3.68. The molecule has 0 radical (unpaired) electrons. The molecule has 31 heavy (non-hydrogen) atoms. The lowest BCUT2D eigenvalue weighted by molar-refractivity contribution is -0.130. The molecule has 5 nitrogen and oxygen atoms in total. The maximum absolute atomic E-state index is 13.4. The molecule has 3 aromatic carbocycles. The van der Waals surface area contributed by atoms with Crippen LogP contribution in [0, 0.1) is 6.92 Å². The summed E-state index contributed by atoms with van der Waals surface area (Å²) in [6, 6.07) is 24.2. The fourth-order valence-corrected chi connectivity index (χ4v) is 4.48. The molecule has 3 aromatic rings. The third kappa shape index (κ3) is 6.32. The average Bonchev–Trinajstić information content (AvgIpc) is 2.73. The molecule has 0 aliphatic heterocycles. The van der Waals surface area contributed by atoms with Gasteiger partial charge in [-0.1, -0.05) is 72.3 Å². The van der Waals surface area contributed by atoms with E-state index in [0.717, 1.165) is 21.7 Å². The molecule has 1 amide bonds. The number of hydrogen-bond acceptors (Lipinski definition) is 3. The van der Waals surface area contributed by atoms with Crippen molar-refractivity contribution in [2.24, 2.45) is 0 Å². The second-order valence-electron chi connectivity index (χ2n) is 7.42. The van der Waals surface area contributed by atoms with Crippen LogP contribution in [-0.2, 0) is 27.9 Å². The molecule has 0 bridgehead atoms. The first kappa shape index (κ1) is 22.8. The van der Waals surface area contributed by atoms with Crippen LogP contribution in [0.2, 0.25) is 5.02 Å². The fourth-order valence-electron chi connectivity index (χ4n) is 3.34. The Labute approximate surface area is 188 Å². The third-order valence-corrected chi connectivity index (χ3v) is 6.25. The Morgan fingerprint density at radius 3 is 1.84 bits per heavy atom. The fraction of sp³-hybridized carbons (Fsp3) is 0.208. The second kappa shape index (κ2) is 9.98. The number of amides is 1. The molecule has 7 heteroatoms. The van der Waals surface area contributed by atoms with Crippen molar-refractivity contribution in [2.75, 3.05) is 17.1 Å². The Morgan fingerprint density at radius 1 is 0.871 bits per heavy atom. The molecule has 0 heterocycles. The van der Waals surface area contributed by atoms with Gasteiger partial charge < -0.3 is 4.90 Å². The van der Waals surface area contributed by atoms with Crippen LogP contribution < -0.4 is 4.31 Å². The van der Waals surface area contributed by atoms with E-state index in [1.807, 2.05) is 60.7 Å². The highest BCUT2D eigenvalue weighted by molar-refractivity contribution is 7.92. The van der Waals surface area contributed by atoms with Crippen LogP contribution in [-0.4, -0.2) is 32.0 Å².